The summed E-state index contributed by atoms with van der Waals surface area (Å²) in [6, 6.07) is 10.8. The van der Waals surface area contributed by atoms with Crippen LogP contribution in [-0.4, -0.2) is 19.7 Å². The fraction of sp³-hybridized carbons (Fsp3) is 0.556. The minimum absolute atomic E-state index is 0.0960. The summed E-state index contributed by atoms with van der Waals surface area (Å²) in [5.41, 5.74) is 1.53. The Bertz CT molecular complexity index is 786. The Morgan fingerprint density at radius 2 is 1.83 bits per heavy atom. The van der Waals surface area contributed by atoms with Gasteiger partial charge in [0.05, 0.1) is 5.54 Å². The maximum Gasteiger partial charge on any atom is 0.490 e. The van der Waals surface area contributed by atoms with Gasteiger partial charge < -0.3 is 10.1 Å². The molecule has 4 bridgehead atoms. The molecule has 6 heteroatoms. The van der Waals surface area contributed by atoms with E-state index in [4.69, 9.17) is 0 Å². The maximum absolute atomic E-state index is 11.0. The fourth-order valence-electron chi connectivity index (χ4n) is 6.18. The number of rotatable bonds is 3. The van der Waals surface area contributed by atoms with Crippen LogP contribution in [0.4, 0.5) is 5.95 Å². The second kappa shape index (κ2) is 4.65. The lowest BCUT2D eigenvalue weighted by Crippen LogP contribution is -2.58. The molecule has 0 radical (unpaired) electrons. The topological polar surface area (TPSA) is 73.8 Å². The van der Waals surface area contributed by atoms with Crippen LogP contribution in [0.2, 0.25) is 0 Å². The molecule has 4 atom stereocenters. The monoisotopic (exact) mass is 324 g/mol. The molecule has 24 heavy (non-hydrogen) atoms. The van der Waals surface area contributed by atoms with Gasteiger partial charge in [-0.2, -0.15) is 4.68 Å². The standard InChI is InChI=1S/C18H20N4O2/c23-22(24)16-19-12-21(20-16)18-9-13-6-14(10-18)8-17(7-13,11-18)15-4-2-1-3-5-15/h1-5,12-14H,6-11H2/t13-,14+,17?,18?. The minimum Gasteiger partial charge on any atom is -0.390 e. The summed E-state index contributed by atoms with van der Waals surface area (Å²) in [5.74, 6) is 1.10. The molecule has 6 rings (SSSR count). The van der Waals surface area contributed by atoms with Crippen LogP contribution < -0.4 is 0 Å². The fourth-order valence-corrected chi connectivity index (χ4v) is 6.18. The summed E-state index contributed by atoms with van der Waals surface area (Å²) in [7, 11) is 0. The van der Waals surface area contributed by atoms with Crippen LogP contribution >= 0.6 is 0 Å². The second-order valence-corrected chi connectivity index (χ2v) is 8.08. The molecule has 2 unspecified atom stereocenters. The zero-order chi connectivity index (χ0) is 16.4. The zero-order valence-electron chi connectivity index (χ0n) is 13.5. The van der Waals surface area contributed by atoms with Crippen molar-refractivity contribution in [2.24, 2.45) is 11.8 Å². The smallest absolute Gasteiger partial charge is 0.390 e. The number of aromatic nitrogens is 3. The van der Waals surface area contributed by atoms with Gasteiger partial charge in [0, 0.05) is 5.10 Å². The van der Waals surface area contributed by atoms with Gasteiger partial charge in [0.15, 0.2) is 0 Å². The molecule has 0 N–H and O–H groups in total. The van der Waals surface area contributed by atoms with Gasteiger partial charge in [0.2, 0.25) is 6.33 Å². The van der Waals surface area contributed by atoms with E-state index < -0.39 is 4.92 Å². The lowest BCUT2D eigenvalue weighted by Gasteiger charge is -2.61. The van der Waals surface area contributed by atoms with Gasteiger partial charge in [0.25, 0.3) is 0 Å². The number of benzene rings is 1. The zero-order valence-corrected chi connectivity index (χ0v) is 13.5. The normalized spacial score (nSPS) is 36.8. The van der Waals surface area contributed by atoms with Crippen molar-refractivity contribution in [1.29, 1.82) is 0 Å². The minimum atomic E-state index is -0.496. The first-order valence-electron chi connectivity index (χ1n) is 8.71. The SMILES string of the molecule is O=[N+]([O-])c1ncn(C23C[C@@H]4C[C@@H](CC(c5ccccc5)(C4)C2)C3)n1. The van der Waals surface area contributed by atoms with Gasteiger partial charge in [-0.1, -0.05) is 35.3 Å². The quantitative estimate of drug-likeness (QED) is 0.640. The maximum atomic E-state index is 11.0. The Morgan fingerprint density at radius 1 is 1.12 bits per heavy atom. The van der Waals surface area contributed by atoms with Gasteiger partial charge in [-0.05, 0) is 66.3 Å². The van der Waals surface area contributed by atoms with Gasteiger partial charge in [-0.3, -0.25) is 0 Å². The molecule has 4 aliphatic carbocycles. The van der Waals surface area contributed by atoms with Gasteiger partial charge in [-0.15, -0.1) is 0 Å². The van der Waals surface area contributed by atoms with E-state index in [1.54, 1.807) is 6.33 Å². The third-order valence-electron chi connectivity index (χ3n) is 6.55. The van der Waals surface area contributed by atoms with Crippen molar-refractivity contribution in [3.8, 4) is 0 Å². The summed E-state index contributed by atoms with van der Waals surface area (Å²) in [4.78, 5) is 14.4. The number of nitrogens with zero attached hydrogens (tertiary/aromatic N) is 4. The number of hydrogen-bond acceptors (Lipinski definition) is 4. The molecule has 0 amide bonds. The molecule has 0 spiro atoms. The molecule has 1 heterocycles. The average molecular weight is 324 g/mol. The summed E-state index contributed by atoms with van der Waals surface area (Å²) < 4.78 is 1.83. The molecule has 1 aromatic heterocycles. The molecular weight excluding hydrogens is 304 g/mol. The van der Waals surface area contributed by atoms with E-state index in [2.05, 4.69) is 40.4 Å². The van der Waals surface area contributed by atoms with Crippen LogP contribution in [0.5, 0.6) is 0 Å². The highest BCUT2D eigenvalue weighted by atomic mass is 16.6. The van der Waals surface area contributed by atoms with E-state index in [-0.39, 0.29) is 16.9 Å². The van der Waals surface area contributed by atoms with Crippen molar-refractivity contribution in [3.05, 3.63) is 52.3 Å². The second-order valence-electron chi connectivity index (χ2n) is 8.08. The molecule has 1 aromatic carbocycles. The van der Waals surface area contributed by atoms with Crippen molar-refractivity contribution in [3.63, 3.8) is 0 Å². The van der Waals surface area contributed by atoms with Crippen LogP contribution in [0.15, 0.2) is 36.7 Å². The number of hydrogen-bond donors (Lipinski definition) is 0. The summed E-state index contributed by atoms with van der Waals surface area (Å²) in [6.45, 7) is 0. The van der Waals surface area contributed by atoms with Crippen LogP contribution in [0, 0.1) is 22.0 Å². The first-order valence-corrected chi connectivity index (χ1v) is 8.71. The molecule has 0 saturated heterocycles. The Balaban J connectivity index is 1.59. The summed E-state index contributed by atoms with van der Waals surface area (Å²) >= 11 is 0. The summed E-state index contributed by atoms with van der Waals surface area (Å²) in [6.07, 6.45) is 8.56. The van der Waals surface area contributed by atoms with E-state index in [0.717, 1.165) is 19.3 Å². The molecular formula is C18H20N4O2. The average Bonchev–Trinajstić information content (AvgIpc) is 3.06. The van der Waals surface area contributed by atoms with E-state index >= 15 is 0 Å². The highest BCUT2D eigenvalue weighted by Crippen LogP contribution is 2.64. The van der Waals surface area contributed by atoms with Gasteiger partial charge in [0.1, 0.15) is 0 Å². The van der Waals surface area contributed by atoms with Crippen LogP contribution in [0.1, 0.15) is 44.1 Å². The van der Waals surface area contributed by atoms with Crippen LogP contribution in [0.3, 0.4) is 0 Å². The van der Waals surface area contributed by atoms with Crippen molar-refractivity contribution < 1.29 is 4.92 Å². The molecule has 0 aliphatic heterocycles. The molecule has 4 saturated carbocycles. The van der Waals surface area contributed by atoms with E-state index in [9.17, 15) is 10.1 Å². The lowest BCUT2D eigenvalue weighted by atomic mass is 9.45. The van der Waals surface area contributed by atoms with Crippen molar-refractivity contribution in [1.82, 2.24) is 14.8 Å². The van der Waals surface area contributed by atoms with Crippen LogP contribution in [-0.2, 0) is 11.0 Å². The third kappa shape index (κ3) is 1.88. The predicted molar refractivity (Wildman–Crippen MR) is 87.5 cm³/mol. The van der Waals surface area contributed by atoms with Crippen molar-refractivity contribution in [2.45, 2.75) is 49.5 Å². The Labute approximate surface area is 140 Å². The Kier molecular flexibility index (Phi) is 2.74. The highest BCUT2D eigenvalue weighted by molar-refractivity contribution is 5.31. The molecule has 2 aromatic rings. The van der Waals surface area contributed by atoms with E-state index in [1.807, 2.05) is 4.68 Å². The van der Waals surface area contributed by atoms with Crippen molar-refractivity contribution >= 4 is 5.95 Å². The Hall–Kier alpha value is -2.24. The highest BCUT2D eigenvalue weighted by Gasteiger charge is 2.60. The largest absolute Gasteiger partial charge is 0.490 e. The predicted octanol–water partition coefficient (Wildman–Crippen LogP) is 3.43. The lowest BCUT2D eigenvalue weighted by molar-refractivity contribution is -0.394. The van der Waals surface area contributed by atoms with E-state index in [1.165, 1.54) is 24.8 Å². The van der Waals surface area contributed by atoms with Crippen molar-refractivity contribution in [2.75, 3.05) is 0 Å². The molecule has 6 nitrogen and oxygen atoms in total. The molecule has 4 fully saturated rings. The molecule has 4 aliphatic rings. The van der Waals surface area contributed by atoms with Gasteiger partial charge >= 0.3 is 5.95 Å². The third-order valence-corrected chi connectivity index (χ3v) is 6.55. The summed E-state index contributed by atoms with van der Waals surface area (Å²) in [5, 5.41) is 15.2. The van der Waals surface area contributed by atoms with Gasteiger partial charge in [-0.25, -0.2) is 0 Å². The molecule has 124 valence electrons. The van der Waals surface area contributed by atoms with E-state index in [0.29, 0.717) is 11.8 Å². The number of nitro groups is 1. The van der Waals surface area contributed by atoms with Crippen LogP contribution in [0.25, 0.3) is 0 Å². The first-order chi connectivity index (χ1) is 11.6. The Morgan fingerprint density at radius 3 is 2.46 bits per heavy atom. The first kappa shape index (κ1) is 14.1.